The van der Waals surface area contributed by atoms with Crippen LogP contribution in [0.4, 0.5) is 0 Å². The minimum absolute atomic E-state index is 0.250. The van der Waals surface area contributed by atoms with Gasteiger partial charge in [0.15, 0.2) is 0 Å². The number of rotatable bonds is 4. The molecule has 1 fully saturated rings. The van der Waals surface area contributed by atoms with Gasteiger partial charge >= 0.3 is 0 Å². The second-order valence-corrected chi connectivity index (χ2v) is 3.69. The summed E-state index contributed by atoms with van der Waals surface area (Å²) in [5, 5.41) is 0. The van der Waals surface area contributed by atoms with Gasteiger partial charge in [-0.25, -0.2) is 0 Å². The molecule has 0 aromatic heterocycles. The molecule has 1 nitrogen and oxygen atoms in total. The topological polar surface area (TPSA) is 17.1 Å². The molecule has 1 aliphatic carbocycles. The van der Waals surface area contributed by atoms with Crippen molar-refractivity contribution in [3.05, 3.63) is 0 Å². The van der Waals surface area contributed by atoms with Crippen molar-refractivity contribution >= 4 is 6.29 Å². The monoisotopic (exact) mass is 139 g/mol. The molecule has 10 heavy (non-hydrogen) atoms. The molecule has 0 saturated heterocycles. The Morgan fingerprint density at radius 2 is 2.10 bits per heavy atom. The third-order valence-corrected chi connectivity index (χ3v) is 2.07. The average Bonchev–Trinajstić information content (AvgIpc) is 2.63. The molecule has 1 saturated carbocycles. The van der Waals surface area contributed by atoms with E-state index in [1.165, 1.54) is 12.8 Å². The Kier molecular flexibility index (Phi) is 2.47. The zero-order valence-corrected chi connectivity index (χ0v) is 6.76. The lowest BCUT2D eigenvalue weighted by Crippen LogP contribution is -2.07. The molecule has 0 bridgehead atoms. The van der Waals surface area contributed by atoms with Crippen LogP contribution in [0.25, 0.3) is 0 Å². The lowest BCUT2D eigenvalue weighted by Gasteiger charge is -2.09. The normalized spacial score (nSPS) is 21.1. The number of carbonyl (C=O) groups excluding carboxylic acids is 1. The van der Waals surface area contributed by atoms with E-state index >= 15 is 0 Å². The predicted octanol–water partition coefficient (Wildman–Crippen LogP) is 2.17. The average molecular weight is 139 g/mol. The van der Waals surface area contributed by atoms with Gasteiger partial charge in [0.05, 0.1) is 0 Å². The van der Waals surface area contributed by atoms with Gasteiger partial charge in [0.1, 0.15) is 0 Å². The standard InChI is InChI=1S/C9H15O/c1-7(2)5-9(6-10)8-3-4-8/h7-9H,3-5H2,1-2H3. The maximum Gasteiger partial charge on any atom is 0.202 e. The SMILES string of the molecule is CC(C)CC([C]=O)C1CC1. The predicted molar refractivity (Wildman–Crippen MR) is 41.4 cm³/mol. The van der Waals surface area contributed by atoms with E-state index in [0.717, 1.165) is 6.42 Å². The maximum absolute atomic E-state index is 10.4. The van der Waals surface area contributed by atoms with Crippen LogP contribution in [0.2, 0.25) is 0 Å². The Morgan fingerprint density at radius 3 is 2.40 bits per heavy atom. The van der Waals surface area contributed by atoms with E-state index in [-0.39, 0.29) is 5.92 Å². The van der Waals surface area contributed by atoms with Crippen LogP contribution in [-0.2, 0) is 4.79 Å². The Balaban J connectivity index is 2.25. The van der Waals surface area contributed by atoms with Crippen molar-refractivity contribution in [2.24, 2.45) is 17.8 Å². The molecule has 1 rings (SSSR count). The lowest BCUT2D eigenvalue weighted by atomic mass is 9.94. The highest BCUT2D eigenvalue weighted by Crippen LogP contribution is 2.38. The van der Waals surface area contributed by atoms with E-state index < -0.39 is 0 Å². The summed E-state index contributed by atoms with van der Waals surface area (Å²) in [6.07, 6.45) is 5.69. The molecule has 0 aromatic carbocycles. The Hall–Kier alpha value is -0.330. The Morgan fingerprint density at radius 1 is 1.50 bits per heavy atom. The molecule has 1 atom stereocenters. The van der Waals surface area contributed by atoms with Gasteiger partial charge in [-0.1, -0.05) is 13.8 Å². The van der Waals surface area contributed by atoms with Gasteiger partial charge in [-0.3, -0.25) is 4.79 Å². The first-order valence-electron chi connectivity index (χ1n) is 4.11. The van der Waals surface area contributed by atoms with Crippen LogP contribution in [0, 0.1) is 17.8 Å². The summed E-state index contributed by atoms with van der Waals surface area (Å²) in [6, 6.07) is 0. The minimum Gasteiger partial charge on any atom is -0.291 e. The zero-order valence-electron chi connectivity index (χ0n) is 6.76. The molecule has 0 N–H and O–H groups in total. The molecule has 0 heterocycles. The van der Waals surface area contributed by atoms with Gasteiger partial charge in [0.2, 0.25) is 6.29 Å². The summed E-state index contributed by atoms with van der Waals surface area (Å²) >= 11 is 0. The lowest BCUT2D eigenvalue weighted by molar-refractivity contribution is 0.427. The van der Waals surface area contributed by atoms with E-state index in [2.05, 4.69) is 20.1 Å². The minimum atomic E-state index is 0.250. The molecule has 1 radical (unpaired) electrons. The first-order chi connectivity index (χ1) is 4.74. The van der Waals surface area contributed by atoms with Gasteiger partial charge in [-0.15, -0.1) is 0 Å². The summed E-state index contributed by atoms with van der Waals surface area (Å²) in [6.45, 7) is 4.32. The van der Waals surface area contributed by atoms with E-state index in [9.17, 15) is 4.79 Å². The zero-order chi connectivity index (χ0) is 7.56. The smallest absolute Gasteiger partial charge is 0.202 e. The molecule has 0 aromatic rings. The van der Waals surface area contributed by atoms with Crippen LogP contribution in [0.5, 0.6) is 0 Å². The van der Waals surface area contributed by atoms with Crippen LogP contribution in [0.3, 0.4) is 0 Å². The second-order valence-electron chi connectivity index (χ2n) is 3.69. The fourth-order valence-electron chi connectivity index (χ4n) is 1.34. The van der Waals surface area contributed by atoms with E-state index in [4.69, 9.17) is 0 Å². The van der Waals surface area contributed by atoms with Crippen molar-refractivity contribution in [2.75, 3.05) is 0 Å². The van der Waals surface area contributed by atoms with E-state index in [1.54, 1.807) is 0 Å². The molecule has 0 amide bonds. The van der Waals surface area contributed by atoms with Gasteiger partial charge in [-0.2, -0.15) is 0 Å². The van der Waals surface area contributed by atoms with Crippen molar-refractivity contribution in [1.82, 2.24) is 0 Å². The van der Waals surface area contributed by atoms with Crippen molar-refractivity contribution in [1.29, 1.82) is 0 Å². The highest BCUT2D eigenvalue weighted by molar-refractivity contribution is 5.55. The summed E-state index contributed by atoms with van der Waals surface area (Å²) in [7, 11) is 0. The molecular formula is C9H15O. The van der Waals surface area contributed by atoms with Crippen LogP contribution in [0.1, 0.15) is 33.1 Å². The highest BCUT2D eigenvalue weighted by Gasteiger charge is 2.31. The Labute approximate surface area is 62.8 Å². The quantitative estimate of drug-likeness (QED) is 0.583. The van der Waals surface area contributed by atoms with E-state index in [0.29, 0.717) is 11.8 Å². The van der Waals surface area contributed by atoms with Gasteiger partial charge in [0.25, 0.3) is 0 Å². The molecule has 1 unspecified atom stereocenters. The van der Waals surface area contributed by atoms with Gasteiger partial charge in [0, 0.05) is 5.92 Å². The third kappa shape index (κ3) is 2.13. The second kappa shape index (κ2) is 3.18. The van der Waals surface area contributed by atoms with Crippen LogP contribution < -0.4 is 0 Å². The van der Waals surface area contributed by atoms with Crippen molar-refractivity contribution in [3.8, 4) is 0 Å². The molecule has 57 valence electrons. The molecule has 1 aliphatic rings. The molecule has 0 spiro atoms. The largest absolute Gasteiger partial charge is 0.291 e. The molecule has 0 aliphatic heterocycles. The van der Waals surface area contributed by atoms with Gasteiger partial charge < -0.3 is 0 Å². The third-order valence-electron chi connectivity index (χ3n) is 2.07. The Bertz CT molecular complexity index is 114. The summed E-state index contributed by atoms with van der Waals surface area (Å²) in [5.41, 5.74) is 0. The van der Waals surface area contributed by atoms with E-state index in [1.807, 2.05) is 0 Å². The highest BCUT2D eigenvalue weighted by atomic mass is 16.1. The van der Waals surface area contributed by atoms with Crippen molar-refractivity contribution in [2.45, 2.75) is 33.1 Å². The fraction of sp³-hybridized carbons (Fsp3) is 0.889. The summed E-state index contributed by atoms with van der Waals surface area (Å²) < 4.78 is 0. The van der Waals surface area contributed by atoms with Crippen LogP contribution in [0.15, 0.2) is 0 Å². The maximum atomic E-state index is 10.4. The van der Waals surface area contributed by atoms with Crippen LogP contribution in [-0.4, -0.2) is 6.29 Å². The van der Waals surface area contributed by atoms with Crippen molar-refractivity contribution < 1.29 is 4.79 Å². The van der Waals surface area contributed by atoms with Crippen molar-refractivity contribution in [3.63, 3.8) is 0 Å². The first kappa shape index (κ1) is 7.77. The number of hydrogen-bond acceptors (Lipinski definition) is 1. The first-order valence-corrected chi connectivity index (χ1v) is 4.11. The molecule has 1 heteroatoms. The van der Waals surface area contributed by atoms with Gasteiger partial charge in [-0.05, 0) is 31.1 Å². The summed E-state index contributed by atoms with van der Waals surface area (Å²) in [4.78, 5) is 10.4. The fourth-order valence-corrected chi connectivity index (χ4v) is 1.34. The molecular weight excluding hydrogens is 124 g/mol. The number of hydrogen-bond donors (Lipinski definition) is 0. The van der Waals surface area contributed by atoms with Crippen LogP contribution >= 0.6 is 0 Å². The summed E-state index contributed by atoms with van der Waals surface area (Å²) in [5.74, 6) is 1.59.